The first-order valence-corrected chi connectivity index (χ1v) is 5.55. The summed E-state index contributed by atoms with van der Waals surface area (Å²) in [7, 11) is 0. The second-order valence-corrected chi connectivity index (χ2v) is 4.31. The fourth-order valence-corrected chi connectivity index (χ4v) is 2.35. The summed E-state index contributed by atoms with van der Waals surface area (Å²) in [4.78, 5) is 16.6. The van der Waals surface area contributed by atoms with Crippen molar-refractivity contribution in [1.29, 1.82) is 0 Å². The van der Waals surface area contributed by atoms with Crippen LogP contribution in [0.15, 0.2) is 29.2 Å². The van der Waals surface area contributed by atoms with Crippen LogP contribution in [0.2, 0.25) is 0 Å². The van der Waals surface area contributed by atoms with E-state index in [4.69, 9.17) is 0 Å². The van der Waals surface area contributed by atoms with Gasteiger partial charge in [-0.2, -0.15) is 0 Å². The van der Waals surface area contributed by atoms with Gasteiger partial charge >= 0.3 is 0 Å². The molecule has 0 saturated carbocycles. The standard InChI is InChI=1S/C11H7N2OS/c14-10-6-15-9-5-7-3-1-2-4-8(7)12-11(9)13-10/h1,3-5H,6H2,(H,12,13,14). The molecule has 3 rings (SSSR count). The van der Waals surface area contributed by atoms with Gasteiger partial charge in [-0.05, 0) is 18.2 Å². The van der Waals surface area contributed by atoms with Crippen LogP contribution in [0.5, 0.6) is 0 Å². The van der Waals surface area contributed by atoms with Crippen molar-refractivity contribution in [2.24, 2.45) is 0 Å². The van der Waals surface area contributed by atoms with Crippen molar-refractivity contribution < 1.29 is 4.79 Å². The minimum Gasteiger partial charge on any atom is -0.309 e. The van der Waals surface area contributed by atoms with E-state index in [2.05, 4.69) is 22.4 Å². The summed E-state index contributed by atoms with van der Waals surface area (Å²) >= 11 is 1.53. The molecular weight excluding hydrogens is 208 g/mol. The number of benzene rings is 1. The number of nitrogens with one attached hydrogen (secondary N) is 1. The molecule has 1 aliphatic heterocycles. The van der Waals surface area contributed by atoms with Crippen LogP contribution >= 0.6 is 11.8 Å². The molecule has 3 nitrogen and oxygen atoms in total. The number of pyridine rings is 1. The molecular formula is C11H7N2OS. The van der Waals surface area contributed by atoms with E-state index in [0.717, 1.165) is 15.8 Å². The highest BCUT2D eigenvalue weighted by molar-refractivity contribution is 8.00. The molecule has 0 aliphatic carbocycles. The van der Waals surface area contributed by atoms with Gasteiger partial charge in [-0.1, -0.05) is 12.1 Å². The zero-order chi connectivity index (χ0) is 10.3. The molecule has 0 spiro atoms. The number of hydrogen-bond donors (Lipinski definition) is 1. The van der Waals surface area contributed by atoms with E-state index in [-0.39, 0.29) is 5.91 Å². The van der Waals surface area contributed by atoms with E-state index in [1.807, 2.05) is 18.2 Å². The monoisotopic (exact) mass is 215 g/mol. The first kappa shape index (κ1) is 8.73. The van der Waals surface area contributed by atoms with Crippen LogP contribution in [-0.4, -0.2) is 16.6 Å². The van der Waals surface area contributed by atoms with Gasteiger partial charge in [0.2, 0.25) is 5.91 Å². The highest BCUT2D eigenvalue weighted by Gasteiger charge is 2.16. The Morgan fingerprint density at radius 2 is 2.47 bits per heavy atom. The van der Waals surface area contributed by atoms with Crippen molar-refractivity contribution in [3.05, 3.63) is 30.3 Å². The molecule has 0 unspecified atom stereocenters. The maximum Gasteiger partial charge on any atom is 0.235 e. The molecule has 15 heavy (non-hydrogen) atoms. The maximum absolute atomic E-state index is 11.2. The summed E-state index contributed by atoms with van der Waals surface area (Å²) in [5.74, 6) is 1.15. The Kier molecular flexibility index (Phi) is 1.89. The van der Waals surface area contributed by atoms with E-state index in [1.165, 1.54) is 11.8 Å². The lowest BCUT2D eigenvalue weighted by Crippen LogP contribution is -2.19. The Labute approximate surface area is 90.9 Å². The Morgan fingerprint density at radius 1 is 1.53 bits per heavy atom. The number of carbonyl (C=O) groups is 1. The Hall–Kier alpha value is -1.55. The number of aromatic nitrogens is 1. The number of anilines is 1. The van der Waals surface area contributed by atoms with E-state index < -0.39 is 0 Å². The van der Waals surface area contributed by atoms with Crippen LogP contribution in [0, 0.1) is 6.07 Å². The molecule has 2 heterocycles. The molecule has 1 radical (unpaired) electrons. The smallest absolute Gasteiger partial charge is 0.235 e. The maximum atomic E-state index is 11.2. The molecule has 1 aromatic carbocycles. The van der Waals surface area contributed by atoms with E-state index in [0.29, 0.717) is 11.6 Å². The largest absolute Gasteiger partial charge is 0.309 e. The van der Waals surface area contributed by atoms with Crippen molar-refractivity contribution in [1.82, 2.24) is 4.98 Å². The molecule has 0 bridgehead atoms. The van der Waals surface area contributed by atoms with Crippen LogP contribution in [0.1, 0.15) is 0 Å². The lowest BCUT2D eigenvalue weighted by atomic mass is 10.2. The lowest BCUT2D eigenvalue weighted by molar-refractivity contribution is -0.113. The quantitative estimate of drug-likeness (QED) is 0.731. The summed E-state index contributed by atoms with van der Waals surface area (Å²) in [6.45, 7) is 0. The van der Waals surface area contributed by atoms with Gasteiger partial charge in [-0.3, -0.25) is 4.79 Å². The van der Waals surface area contributed by atoms with E-state index >= 15 is 0 Å². The zero-order valence-electron chi connectivity index (χ0n) is 7.78. The van der Waals surface area contributed by atoms with Gasteiger partial charge < -0.3 is 5.32 Å². The fourth-order valence-electron chi connectivity index (χ4n) is 1.55. The van der Waals surface area contributed by atoms with Crippen molar-refractivity contribution in [2.75, 3.05) is 11.1 Å². The molecule has 2 aromatic rings. The van der Waals surface area contributed by atoms with Crippen LogP contribution in [-0.2, 0) is 4.79 Å². The average Bonchev–Trinajstić information content (AvgIpc) is 2.26. The van der Waals surface area contributed by atoms with Gasteiger partial charge in [0, 0.05) is 5.39 Å². The Balaban J connectivity index is 2.24. The zero-order valence-corrected chi connectivity index (χ0v) is 8.60. The van der Waals surface area contributed by atoms with Gasteiger partial charge in [0.25, 0.3) is 0 Å². The summed E-state index contributed by atoms with van der Waals surface area (Å²) in [6.07, 6.45) is 0. The molecule has 1 aromatic heterocycles. The minimum absolute atomic E-state index is 0.0132. The number of hydrogen-bond acceptors (Lipinski definition) is 3. The number of carbonyl (C=O) groups excluding carboxylic acids is 1. The summed E-state index contributed by atoms with van der Waals surface area (Å²) in [5, 5.41) is 3.85. The topological polar surface area (TPSA) is 42.0 Å². The van der Waals surface area contributed by atoms with Crippen LogP contribution in [0.25, 0.3) is 10.9 Å². The molecule has 0 fully saturated rings. The van der Waals surface area contributed by atoms with Crippen molar-refractivity contribution in [3.63, 3.8) is 0 Å². The predicted octanol–water partition coefficient (Wildman–Crippen LogP) is 2.08. The summed E-state index contributed by atoms with van der Waals surface area (Å²) in [5.41, 5.74) is 0.860. The average molecular weight is 215 g/mol. The van der Waals surface area contributed by atoms with Crippen molar-refractivity contribution in [2.45, 2.75) is 4.90 Å². The fraction of sp³-hybridized carbons (Fsp3) is 0.0909. The van der Waals surface area contributed by atoms with Crippen LogP contribution < -0.4 is 5.32 Å². The molecule has 1 amide bonds. The first-order chi connectivity index (χ1) is 7.33. The molecule has 1 aliphatic rings. The van der Waals surface area contributed by atoms with E-state index in [1.54, 1.807) is 0 Å². The van der Waals surface area contributed by atoms with Crippen molar-refractivity contribution in [3.8, 4) is 0 Å². The van der Waals surface area contributed by atoms with Gasteiger partial charge in [-0.25, -0.2) is 4.98 Å². The van der Waals surface area contributed by atoms with Crippen LogP contribution in [0.4, 0.5) is 5.82 Å². The Morgan fingerprint density at radius 3 is 3.40 bits per heavy atom. The normalized spacial score (nSPS) is 14.8. The minimum atomic E-state index is 0.0132. The third-order valence-corrected chi connectivity index (χ3v) is 3.27. The van der Waals surface area contributed by atoms with Gasteiger partial charge in [0.1, 0.15) is 5.82 Å². The lowest BCUT2D eigenvalue weighted by Gasteiger charge is -2.15. The number of thioether (sulfide) groups is 1. The summed E-state index contributed by atoms with van der Waals surface area (Å²) < 4.78 is 0. The van der Waals surface area contributed by atoms with Gasteiger partial charge in [0.05, 0.1) is 16.2 Å². The predicted molar refractivity (Wildman–Crippen MR) is 59.9 cm³/mol. The molecule has 73 valence electrons. The van der Waals surface area contributed by atoms with Gasteiger partial charge in [-0.15, -0.1) is 11.8 Å². The molecule has 0 atom stereocenters. The highest BCUT2D eigenvalue weighted by Crippen LogP contribution is 2.32. The number of nitrogens with zero attached hydrogens (tertiary/aromatic N) is 1. The summed E-state index contributed by atoms with van der Waals surface area (Å²) in [6, 6.07) is 10.7. The second-order valence-electron chi connectivity index (χ2n) is 3.29. The molecule has 4 heteroatoms. The second kappa shape index (κ2) is 3.24. The van der Waals surface area contributed by atoms with Crippen molar-refractivity contribution >= 4 is 34.4 Å². The molecule has 1 N–H and O–H groups in total. The first-order valence-electron chi connectivity index (χ1n) is 4.56. The molecule has 0 saturated heterocycles. The number of amides is 1. The Bertz CT molecular complexity index is 553. The van der Waals surface area contributed by atoms with Crippen LogP contribution in [0.3, 0.4) is 0 Å². The van der Waals surface area contributed by atoms with E-state index in [9.17, 15) is 4.79 Å². The van der Waals surface area contributed by atoms with Gasteiger partial charge in [0.15, 0.2) is 0 Å². The third kappa shape index (κ3) is 1.47. The SMILES string of the molecule is O=C1CSc2cc3cc[c]cc3nc2N1. The highest BCUT2D eigenvalue weighted by atomic mass is 32.2. The number of rotatable bonds is 0. The third-order valence-electron chi connectivity index (χ3n) is 2.24. The number of fused-ring (bicyclic) bond motifs is 2.